The van der Waals surface area contributed by atoms with Crippen molar-refractivity contribution in [3.05, 3.63) is 23.2 Å². The highest BCUT2D eigenvalue weighted by molar-refractivity contribution is 6.32. The van der Waals surface area contributed by atoms with Gasteiger partial charge in [-0.2, -0.15) is 5.26 Å². The highest BCUT2D eigenvalue weighted by Crippen LogP contribution is 2.30. The van der Waals surface area contributed by atoms with Gasteiger partial charge < -0.3 is 10.5 Å². The molecule has 0 saturated heterocycles. The largest absolute Gasteiger partial charge is 0.475 e. The van der Waals surface area contributed by atoms with E-state index >= 15 is 0 Å². The van der Waals surface area contributed by atoms with E-state index in [1.165, 1.54) is 0 Å². The molecule has 0 amide bonds. The Bertz CT molecular complexity index is 299. The summed E-state index contributed by atoms with van der Waals surface area (Å²) < 4.78 is 5.00. The first kappa shape index (κ1) is 8.69. The highest BCUT2D eigenvalue weighted by atomic mass is 35.5. The van der Waals surface area contributed by atoms with Gasteiger partial charge in [0.25, 0.3) is 0 Å². The highest BCUT2D eigenvalue weighted by Gasteiger charge is 2.03. The fraction of sp³-hybridized carbons (Fsp3) is 0.125. The molecule has 0 unspecified atom stereocenters. The van der Waals surface area contributed by atoms with Gasteiger partial charge in [0.05, 0.1) is 10.7 Å². The maximum absolute atomic E-state index is 8.25. The van der Waals surface area contributed by atoms with Gasteiger partial charge in [-0.05, 0) is 12.1 Å². The van der Waals surface area contributed by atoms with Gasteiger partial charge in [0, 0.05) is 0 Å². The average Bonchev–Trinajstić information content (AvgIpc) is 2.04. The van der Waals surface area contributed by atoms with Crippen LogP contribution >= 0.6 is 11.6 Å². The van der Waals surface area contributed by atoms with Crippen LogP contribution in [0, 0.1) is 11.3 Å². The monoisotopic (exact) mass is 182 g/mol. The molecule has 0 aliphatic heterocycles. The van der Waals surface area contributed by atoms with Crippen LogP contribution in [0.2, 0.25) is 5.02 Å². The van der Waals surface area contributed by atoms with Gasteiger partial charge in [-0.15, -0.1) is 0 Å². The van der Waals surface area contributed by atoms with Crippen LogP contribution in [-0.4, -0.2) is 6.61 Å². The second-order valence-corrected chi connectivity index (χ2v) is 2.51. The standard InChI is InChI=1S/C8H7ClN2O/c9-6-2-1-3-7(11)8(6)12-5-4-10/h1-3H,5,11H2. The van der Waals surface area contributed by atoms with E-state index in [4.69, 9.17) is 27.3 Å². The van der Waals surface area contributed by atoms with Gasteiger partial charge >= 0.3 is 0 Å². The first-order valence-corrected chi connectivity index (χ1v) is 3.67. The number of nitrogen functional groups attached to an aromatic ring is 1. The summed E-state index contributed by atoms with van der Waals surface area (Å²) in [5.74, 6) is 0.376. The fourth-order valence-corrected chi connectivity index (χ4v) is 1.02. The van der Waals surface area contributed by atoms with Gasteiger partial charge in [0.15, 0.2) is 12.4 Å². The second-order valence-electron chi connectivity index (χ2n) is 2.10. The molecule has 0 fully saturated rings. The number of benzene rings is 1. The number of halogens is 1. The maximum atomic E-state index is 8.25. The van der Waals surface area contributed by atoms with Gasteiger partial charge in [-0.1, -0.05) is 17.7 Å². The van der Waals surface area contributed by atoms with E-state index in [-0.39, 0.29) is 6.61 Å². The quantitative estimate of drug-likeness (QED) is 0.710. The van der Waals surface area contributed by atoms with Gasteiger partial charge in [-0.3, -0.25) is 0 Å². The Labute approximate surface area is 75.3 Å². The molecule has 62 valence electrons. The third-order valence-electron chi connectivity index (χ3n) is 1.28. The first-order valence-electron chi connectivity index (χ1n) is 3.29. The number of hydrogen-bond donors (Lipinski definition) is 1. The lowest BCUT2D eigenvalue weighted by atomic mass is 10.3. The Morgan fingerprint density at radius 3 is 2.92 bits per heavy atom. The Kier molecular flexibility index (Phi) is 2.78. The van der Waals surface area contributed by atoms with Crippen LogP contribution in [0.3, 0.4) is 0 Å². The van der Waals surface area contributed by atoms with Crippen LogP contribution in [0.1, 0.15) is 0 Å². The summed E-state index contributed by atoms with van der Waals surface area (Å²) in [6, 6.07) is 6.88. The molecule has 0 saturated carbocycles. The smallest absolute Gasteiger partial charge is 0.174 e. The summed E-state index contributed by atoms with van der Waals surface area (Å²) in [7, 11) is 0. The molecule has 0 aromatic heterocycles. The molecule has 1 aromatic carbocycles. The van der Waals surface area contributed by atoms with Gasteiger partial charge in [0.1, 0.15) is 6.07 Å². The number of hydrogen-bond acceptors (Lipinski definition) is 3. The lowest BCUT2D eigenvalue weighted by Crippen LogP contribution is -1.98. The van der Waals surface area contributed by atoms with Crippen molar-refractivity contribution in [1.82, 2.24) is 0 Å². The van der Waals surface area contributed by atoms with E-state index in [0.29, 0.717) is 16.5 Å². The first-order chi connectivity index (χ1) is 5.75. The minimum atomic E-state index is -0.0477. The molecular formula is C8H7ClN2O. The molecule has 0 aliphatic carbocycles. The summed E-state index contributed by atoms with van der Waals surface area (Å²) >= 11 is 5.75. The number of rotatable bonds is 2. The third-order valence-corrected chi connectivity index (χ3v) is 1.58. The average molecular weight is 183 g/mol. The third kappa shape index (κ3) is 1.80. The molecule has 2 N–H and O–H groups in total. The summed E-state index contributed by atoms with van der Waals surface area (Å²) in [5.41, 5.74) is 5.99. The van der Waals surface area contributed by atoms with Crippen LogP contribution in [0.4, 0.5) is 5.69 Å². The topological polar surface area (TPSA) is 59.0 Å². The van der Waals surface area contributed by atoms with E-state index in [2.05, 4.69) is 0 Å². The van der Waals surface area contributed by atoms with Gasteiger partial charge in [0.2, 0.25) is 0 Å². The SMILES string of the molecule is N#CCOc1c(N)cccc1Cl. The van der Waals surface area contributed by atoms with E-state index in [1.807, 2.05) is 6.07 Å². The molecule has 1 rings (SSSR count). The van der Waals surface area contributed by atoms with Crippen molar-refractivity contribution in [2.45, 2.75) is 0 Å². The van der Waals surface area contributed by atoms with Crippen molar-refractivity contribution in [3.8, 4) is 11.8 Å². The van der Waals surface area contributed by atoms with Crippen molar-refractivity contribution in [3.63, 3.8) is 0 Å². The molecular weight excluding hydrogens is 176 g/mol. The van der Waals surface area contributed by atoms with Crippen LogP contribution in [0.25, 0.3) is 0 Å². The van der Waals surface area contributed by atoms with Crippen molar-refractivity contribution in [1.29, 1.82) is 5.26 Å². The van der Waals surface area contributed by atoms with E-state index in [1.54, 1.807) is 18.2 Å². The Hall–Kier alpha value is -1.40. The second kappa shape index (κ2) is 3.84. The zero-order valence-corrected chi connectivity index (χ0v) is 7.01. The number of anilines is 1. The molecule has 0 spiro atoms. The van der Waals surface area contributed by atoms with Crippen molar-refractivity contribution < 1.29 is 4.74 Å². The predicted molar refractivity (Wildman–Crippen MR) is 47.0 cm³/mol. The zero-order chi connectivity index (χ0) is 8.97. The molecule has 0 aliphatic rings. The minimum absolute atomic E-state index is 0.0477. The lowest BCUT2D eigenvalue weighted by Gasteiger charge is -2.06. The molecule has 0 radical (unpaired) electrons. The fourth-order valence-electron chi connectivity index (χ4n) is 0.782. The molecule has 4 heteroatoms. The number of ether oxygens (including phenoxy) is 1. The number of nitrogens with two attached hydrogens (primary N) is 1. The van der Waals surface area contributed by atoms with Crippen LogP contribution in [-0.2, 0) is 0 Å². The van der Waals surface area contributed by atoms with E-state index < -0.39 is 0 Å². The summed E-state index contributed by atoms with van der Waals surface area (Å²) in [6.45, 7) is -0.0477. The molecule has 0 bridgehead atoms. The normalized spacial score (nSPS) is 9.00. The number of para-hydroxylation sites is 1. The molecule has 12 heavy (non-hydrogen) atoms. The molecule has 1 aromatic rings. The summed E-state index contributed by atoms with van der Waals surface area (Å²) in [6.07, 6.45) is 0. The minimum Gasteiger partial charge on any atom is -0.475 e. The Morgan fingerprint density at radius 2 is 2.33 bits per heavy atom. The lowest BCUT2D eigenvalue weighted by molar-refractivity contribution is 0.370. The summed E-state index contributed by atoms with van der Waals surface area (Å²) in [5, 5.41) is 8.67. The van der Waals surface area contributed by atoms with Crippen molar-refractivity contribution in [2.75, 3.05) is 12.3 Å². The van der Waals surface area contributed by atoms with Gasteiger partial charge in [-0.25, -0.2) is 0 Å². The van der Waals surface area contributed by atoms with E-state index in [0.717, 1.165) is 0 Å². The van der Waals surface area contributed by atoms with Crippen LogP contribution in [0.15, 0.2) is 18.2 Å². The number of nitriles is 1. The molecule has 0 heterocycles. The van der Waals surface area contributed by atoms with Crippen molar-refractivity contribution >= 4 is 17.3 Å². The Morgan fingerprint density at radius 1 is 1.58 bits per heavy atom. The van der Waals surface area contributed by atoms with Crippen molar-refractivity contribution in [2.24, 2.45) is 0 Å². The molecule has 3 nitrogen and oxygen atoms in total. The Balaban J connectivity index is 2.90. The maximum Gasteiger partial charge on any atom is 0.174 e. The number of nitrogens with zero attached hydrogens (tertiary/aromatic N) is 1. The van der Waals surface area contributed by atoms with Crippen LogP contribution < -0.4 is 10.5 Å². The predicted octanol–water partition coefficient (Wildman–Crippen LogP) is 1.82. The zero-order valence-electron chi connectivity index (χ0n) is 6.25. The van der Waals surface area contributed by atoms with Crippen LogP contribution in [0.5, 0.6) is 5.75 Å². The summed E-state index contributed by atoms with van der Waals surface area (Å²) in [4.78, 5) is 0. The molecule has 0 atom stereocenters. The van der Waals surface area contributed by atoms with E-state index in [9.17, 15) is 0 Å².